The summed E-state index contributed by atoms with van der Waals surface area (Å²) in [5.74, 6) is 0.469. The summed E-state index contributed by atoms with van der Waals surface area (Å²) in [7, 11) is 1.63. The number of carbonyl (C=O) groups excluding carboxylic acids is 1. The summed E-state index contributed by atoms with van der Waals surface area (Å²) in [5, 5.41) is 3.06. The molecule has 3 nitrogen and oxygen atoms in total. The van der Waals surface area contributed by atoms with Gasteiger partial charge in [-0.25, -0.2) is 0 Å². The molecule has 3 heteroatoms. The van der Waals surface area contributed by atoms with Gasteiger partial charge in [-0.15, -0.1) is 0 Å². The number of methoxy groups -OCH3 is 1. The van der Waals surface area contributed by atoms with Crippen molar-refractivity contribution in [2.75, 3.05) is 7.11 Å². The Morgan fingerprint density at radius 1 is 1.27 bits per heavy atom. The lowest BCUT2D eigenvalue weighted by molar-refractivity contribution is -0.129. The third-order valence-electron chi connectivity index (χ3n) is 3.06. The van der Waals surface area contributed by atoms with Crippen LogP contribution < -0.4 is 5.32 Å². The van der Waals surface area contributed by atoms with Gasteiger partial charge in [0.05, 0.1) is 12.0 Å². The Balaban J connectivity index is 4.22. The molecule has 0 bridgehead atoms. The van der Waals surface area contributed by atoms with E-state index in [0.29, 0.717) is 5.92 Å². The average Bonchev–Trinajstić information content (AvgIpc) is 2.22. The molecule has 0 aromatic heterocycles. The lowest BCUT2D eigenvalue weighted by atomic mass is 9.99. The van der Waals surface area contributed by atoms with Gasteiger partial charge in [0.15, 0.2) is 0 Å². The first-order valence-corrected chi connectivity index (χ1v) is 5.77. The normalized spacial score (nSPS) is 17.3. The van der Waals surface area contributed by atoms with Gasteiger partial charge in [0, 0.05) is 13.2 Å². The van der Waals surface area contributed by atoms with Crippen molar-refractivity contribution in [3.63, 3.8) is 0 Å². The molecule has 3 atom stereocenters. The van der Waals surface area contributed by atoms with Crippen LogP contribution in [0.25, 0.3) is 0 Å². The standard InChI is InChI=1S/C12H25NO2/c1-7-11(8(2)3)13-12(14)9(4)10(5)15-6/h8-11H,7H2,1-6H3,(H,13,14)/t9-,10-,11-/m1/s1. The van der Waals surface area contributed by atoms with E-state index in [1.165, 1.54) is 0 Å². The first-order chi connectivity index (χ1) is 6.93. The third kappa shape index (κ3) is 4.65. The van der Waals surface area contributed by atoms with Crippen molar-refractivity contribution >= 4 is 5.91 Å². The smallest absolute Gasteiger partial charge is 0.225 e. The fraction of sp³-hybridized carbons (Fsp3) is 0.917. The summed E-state index contributed by atoms with van der Waals surface area (Å²) in [6.07, 6.45) is 0.937. The lowest BCUT2D eigenvalue weighted by Crippen LogP contribution is -2.43. The molecule has 0 rings (SSSR count). The number of nitrogens with one attached hydrogen (secondary N) is 1. The molecule has 15 heavy (non-hydrogen) atoms. The van der Waals surface area contributed by atoms with Gasteiger partial charge >= 0.3 is 0 Å². The van der Waals surface area contributed by atoms with Crippen LogP contribution in [-0.4, -0.2) is 25.2 Å². The summed E-state index contributed by atoms with van der Waals surface area (Å²) in [6.45, 7) is 10.2. The highest BCUT2D eigenvalue weighted by Gasteiger charge is 2.22. The average molecular weight is 215 g/mol. The van der Waals surface area contributed by atoms with Gasteiger partial charge in [0.1, 0.15) is 0 Å². The van der Waals surface area contributed by atoms with Gasteiger partial charge in [-0.1, -0.05) is 27.7 Å². The Morgan fingerprint density at radius 2 is 1.80 bits per heavy atom. The zero-order valence-corrected chi connectivity index (χ0v) is 10.8. The summed E-state index contributed by atoms with van der Waals surface area (Å²) in [6, 6.07) is 0.268. The van der Waals surface area contributed by atoms with Crippen molar-refractivity contribution in [3.8, 4) is 0 Å². The number of rotatable bonds is 6. The van der Waals surface area contributed by atoms with E-state index >= 15 is 0 Å². The molecule has 0 aliphatic rings. The fourth-order valence-electron chi connectivity index (χ4n) is 1.47. The summed E-state index contributed by atoms with van der Waals surface area (Å²) < 4.78 is 5.15. The number of amides is 1. The largest absolute Gasteiger partial charge is 0.381 e. The zero-order chi connectivity index (χ0) is 12.0. The van der Waals surface area contributed by atoms with E-state index < -0.39 is 0 Å². The number of ether oxygens (including phenoxy) is 1. The molecule has 0 aliphatic carbocycles. The predicted octanol–water partition coefficient (Wildman–Crippen LogP) is 2.21. The van der Waals surface area contributed by atoms with Crippen LogP contribution in [0, 0.1) is 11.8 Å². The van der Waals surface area contributed by atoms with E-state index in [1.54, 1.807) is 7.11 Å². The van der Waals surface area contributed by atoms with Crippen molar-refractivity contribution in [2.45, 2.75) is 53.2 Å². The molecule has 0 spiro atoms. The SMILES string of the molecule is CC[C@@H](NC(=O)[C@H](C)[C@@H](C)OC)C(C)C. The molecule has 0 aliphatic heterocycles. The Labute approximate surface area is 93.6 Å². The quantitative estimate of drug-likeness (QED) is 0.737. The van der Waals surface area contributed by atoms with Crippen LogP contribution in [0.5, 0.6) is 0 Å². The van der Waals surface area contributed by atoms with Crippen LogP contribution in [0.3, 0.4) is 0 Å². The molecule has 0 heterocycles. The molecule has 0 aromatic rings. The highest BCUT2D eigenvalue weighted by molar-refractivity contribution is 5.79. The molecular weight excluding hydrogens is 190 g/mol. The van der Waals surface area contributed by atoms with E-state index in [2.05, 4.69) is 26.1 Å². The second-order valence-corrected chi connectivity index (χ2v) is 4.50. The second kappa shape index (κ2) is 6.83. The van der Waals surface area contributed by atoms with Crippen molar-refractivity contribution in [2.24, 2.45) is 11.8 Å². The molecule has 0 saturated heterocycles. The lowest BCUT2D eigenvalue weighted by Gasteiger charge is -2.24. The Kier molecular flexibility index (Phi) is 6.57. The molecule has 1 N–H and O–H groups in total. The molecular formula is C12H25NO2. The Morgan fingerprint density at radius 3 is 2.13 bits per heavy atom. The van der Waals surface area contributed by atoms with Gasteiger partial charge in [-0.3, -0.25) is 4.79 Å². The second-order valence-electron chi connectivity index (χ2n) is 4.50. The molecule has 0 saturated carbocycles. The predicted molar refractivity (Wildman–Crippen MR) is 62.7 cm³/mol. The molecule has 1 amide bonds. The summed E-state index contributed by atoms with van der Waals surface area (Å²) in [4.78, 5) is 11.8. The molecule has 90 valence electrons. The fourth-order valence-corrected chi connectivity index (χ4v) is 1.47. The monoisotopic (exact) mass is 215 g/mol. The topological polar surface area (TPSA) is 38.3 Å². The maximum atomic E-state index is 11.8. The van der Waals surface area contributed by atoms with Gasteiger partial charge in [-0.05, 0) is 19.3 Å². The van der Waals surface area contributed by atoms with Gasteiger partial charge in [-0.2, -0.15) is 0 Å². The first-order valence-electron chi connectivity index (χ1n) is 5.77. The maximum absolute atomic E-state index is 11.8. The Hall–Kier alpha value is -0.570. The highest BCUT2D eigenvalue weighted by Crippen LogP contribution is 2.10. The van der Waals surface area contributed by atoms with Crippen LogP contribution in [-0.2, 0) is 9.53 Å². The van der Waals surface area contributed by atoms with E-state index in [9.17, 15) is 4.79 Å². The van der Waals surface area contributed by atoms with Crippen LogP contribution in [0.2, 0.25) is 0 Å². The van der Waals surface area contributed by atoms with Crippen LogP contribution in [0.1, 0.15) is 41.0 Å². The van der Waals surface area contributed by atoms with Crippen LogP contribution in [0.15, 0.2) is 0 Å². The highest BCUT2D eigenvalue weighted by atomic mass is 16.5. The number of carbonyl (C=O) groups is 1. The summed E-state index contributed by atoms with van der Waals surface area (Å²) in [5.41, 5.74) is 0. The minimum atomic E-state index is -0.0946. The zero-order valence-electron chi connectivity index (χ0n) is 10.8. The van der Waals surface area contributed by atoms with E-state index in [-0.39, 0.29) is 24.0 Å². The minimum Gasteiger partial charge on any atom is -0.381 e. The maximum Gasteiger partial charge on any atom is 0.225 e. The third-order valence-corrected chi connectivity index (χ3v) is 3.06. The molecule has 0 aromatic carbocycles. The summed E-state index contributed by atoms with van der Waals surface area (Å²) >= 11 is 0. The first kappa shape index (κ1) is 14.4. The van der Waals surface area contributed by atoms with E-state index in [1.807, 2.05) is 13.8 Å². The van der Waals surface area contributed by atoms with Crippen LogP contribution in [0.4, 0.5) is 0 Å². The van der Waals surface area contributed by atoms with Gasteiger partial charge < -0.3 is 10.1 Å². The van der Waals surface area contributed by atoms with Crippen molar-refractivity contribution in [3.05, 3.63) is 0 Å². The van der Waals surface area contributed by atoms with E-state index in [0.717, 1.165) is 6.42 Å². The molecule has 0 unspecified atom stereocenters. The number of hydrogen-bond donors (Lipinski definition) is 1. The van der Waals surface area contributed by atoms with Crippen molar-refractivity contribution in [1.82, 2.24) is 5.32 Å². The minimum absolute atomic E-state index is 0.0327. The van der Waals surface area contributed by atoms with Crippen LogP contribution >= 0.6 is 0 Å². The van der Waals surface area contributed by atoms with Gasteiger partial charge in [0.25, 0.3) is 0 Å². The molecule has 0 fully saturated rings. The number of hydrogen-bond acceptors (Lipinski definition) is 2. The van der Waals surface area contributed by atoms with Crippen molar-refractivity contribution < 1.29 is 9.53 Å². The van der Waals surface area contributed by atoms with Gasteiger partial charge in [0.2, 0.25) is 5.91 Å². The van der Waals surface area contributed by atoms with Crippen molar-refractivity contribution in [1.29, 1.82) is 0 Å². The molecule has 0 radical (unpaired) electrons. The van der Waals surface area contributed by atoms with E-state index in [4.69, 9.17) is 4.74 Å². The Bertz CT molecular complexity index is 192.